The van der Waals surface area contributed by atoms with Crippen LogP contribution in [0.5, 0.6) is 0 Å². The highest BCUT2D eigenvalue weighted by Gasteiger charge is 2.25. The van der Waals surface area contributed by atoms with E-state index in [2.05, 4.69) is 42.9 Å². The molecule has 1 fully saturated rings. The van der Waals surface area contributed by atoms with Gasteiger partial charge in [0.2, 0.25) is 0 Å². The normalized spacial score (nSPS) is 30.1. The van der Waals surface area contributed by atoms with Gasteiger partial charge < -0.3 is 0 Å². The molecule has 0 radical (unpaired) electrons. The lowest BCUT2D eigenvalue weighted by Crippen LogP contribution is -2.41. The summed E-state index contributed by atoms with van der Waals surface area (Å²) in [5.74, 6) is 0.923. The van der Waals surface area contributed by atoms with E-state index in [-0.39, 0.29) is 0 Å². The lowest BCUT2D eigenvalue weighted by atomic mass is 9.86. The molecule has 1 unspecified atom stereocenters. The van der Waals surface area contributed by atoms with Crippen LogP contribution >= 0.6 is 0 Å². The Morgan fingerprint density at radius 2 is 2.00 bits per heavy atom. The predicted molar refractivity (Wildman–Crippen MR) is 79.0 cm³/mol. The number of aliphatic imine (C=N–C) groups is 1. The lowest BCUT2D eigenvalue weighted by molar-refractivity contribution is 0.147. The lowest BCUT2D eigenvalue weighted by Gasteiger charge is -2.37. The molecule has 0 N–H and O–H groups in total. The molecule has 2 rings (SSSR count). The number of likely N-dealkylation sites (N-methyl/N-ethyl adjacent to an activating group) is 1. The monoisotopic (exact) mass is 246 g/mol. The van der Waals surface area contributed by atoms with Crippen LogP contribution in [-0.2, 0) is 0 Å². The van der Waals surface area contributed by atoms with Crippen molar-refractivity contribution in [3.8, 4) is 0 Å². The highest BCUT2D eigenvalue weighted by atomic mass is 15.2. The van der Waals surface area contributed by atoms with E-state index in [0.29, 0.717) is 6.04 Å². The van der Waals surface area contributed by atoms with E-state index in [4.69, 9.17) is 0 Å². The van der Waals surface area contributed by atoms with Crippen LogP contribution in [0.2, 0.25) is 0 Å². The largest absolute Gasteiger partial charge is 0.297 e. The van der Waals surface area contributed by atoms with Crippen molar-refractivity contribution in [1.82, 2.24) is 4.90 Å². The summed E-state index contributed by atoms with van der Waals surface area (Å²) in [6.07, 6.45) is 14.9. The topological polar surface area (TPSA) is 15.6 Å². The van der Waals surface area contributed by atoms with Crippen LogP contribution < -0.4 is 0 Å². The van der Waals surface area contributed by atoms with Crippen molar-refractivity contribution in [3.05, 3.63) is 23.9 Å². The van der Waals surface area contributed by atoms with E-state index in [1.807, 2.05) is 12.4 Å². The molecule has 2 heteroatoms. The summed E-state index contributed by atoms with van der Waals surface area (Å²) in [7, 11) is 2.27. The molecule has 0 saturated heterocycles. The van der Waals surface area contributed by atoms with E-state index in [9.17, 15) is 0 Å². The van der Waals surface area contributed by atoms with Crippen molar-refractivity contribution in [1.29, 1.82) is 0 Å². The van der Waals surface area contributed by atoms with Crippen molar-refractivity contribution in [2.75, 3.05) is 7.05 Å². The quantitative estimate of drug-likeness (QED) is 0.739. The minimum atomic E-state index is 0.468. The van der Waals surface area contributed by atoms with Gasteiger partial charge in [0.1, 0.15) is 0 Å². The summed E-state index contributed by atoms with van der Waals surface area (Å²) in [5.41, 5.74) is 1.34. The molecule has 0 aromatic carbocycles. The zero-order valence-electron chi connectivity index (χ0n) is 12.0. The predicted octanol–water partition coefficient (Wildman–Crippen LogP) is 3.80. The van der Waals surface area contributed by atoms with Gasteiger partial charge in [-0.05, 0) is 51.1 Å². The Balaban J connectivity index is 1.97. The van der Waals surface area contributed by atoms with Gasteiger partial charge in [-0.1, -0.05) is 19.1 Å². The molecule has 100 valence electrons. The first-order valence-corrected chi connectivity index (χ1v) is 7.28. The average Bonchev–Trinajstić information content (AvgIpc) is 2.67. The van der Waals surface area contributed by atoms with Gasteiger partial charge in [-0.3, -0.25) is 9.89 Å². The standard InChI is InChI=1S/C16H26N2/c1-13-7-9-16(10-8-13)18(3)14(2)15-6-4-5-11-17-12-15/h4,6,11-14,16H,5,7-10H2,1-3H3. The molecular weight excluding hydrogens is 220 g/mol. The van der Waals surface area contributed by atoms with Gasteiger partial charge in [0.15, 0.2) is 0 Å². The zero-order valence-corrected chi connectivity index (χ0v) is 12.0. The Hall–Kier alpha value is -0.890. The number of rotatable bonds is 3. The molecule has 1 heterocycles. The molecule has 0 aromatic rings. The van der Waals surface area contributed by atoms with Gasteiger partial charge in [-0.25, -0.2) is 0 Å². The summed E-state index contributed by atoms with van der Waals surface area (Å²) < 4.78 is 0. The molecule has 2 aliphatic rings. The molecule has 0 spiro atoms. The van der Waals surface area contributed by atoms with Crippen molar-refractivity contribution >= 4 is 6.21 Å². The number of hydrogen-bond donors (Lipinski definition) is 0. The van der Waals surface area contributed by atoms with Gasteiger partial charge >= 0.3 is 0 Å². The van der Waals surface area contributed by atoms with Crippen LogP contribution in [0.4, 0.5) is 0 Å². The highest BCUT2D eigenvalue weighted by molar-refractivity contribution is 5.61. The zero-order chi connectivity index (χ0) is 13.0. The van der Waals surface area contributed by atoms with Gasteiger partial charge in [0.05, 0.1) is 0 Å². The van der Waals surface area contributed by atoms with E-state index in [1.165, 1.54) is 31.3 Å². The molecular formula is C16H26N2. The maximum atomic E-state index is 4.34. The summed E-state index contributed by atoms with van der Waals surface area (Å²) in [6.45, 7) is 4.68. The van der Waals surface area contributed by atoms with Crippen LogP contribution in [0.15, 0.2) is 28.9 Å². The van der Waals surface area contributed by atoms with E-state index < -0.39 is 0 Å². The minimum absolute atomic E-state index is 0.468. The molecule has 1 aliphatic heterocycles. The minimum Gasteiger partial charge on any atom is -0.297 e. The maximum Gasteiger partial charge on any atom is 0.0334 e. The van der Waals surface area contributed by atoms with E-state index in [0.717, 1.165) is 18.4 Å². The molecule has 0 aromatic heterocycles. The summed E-state index contributed by atoms with van der Waals surface area (Å²) in [6, 6.07) is 1.22. The smallest absolute Gasteiger partial charge is 0.0334 e. The first-order chi connectivity index (χ1) is 8.68. The number of nitrogens with zero attached hydrogens (tertiary/aromatic N) is 2. The maximum absolute atomic E-state index is 4.34. The van der Waals surface area contributed by atoms with Gasteiger partial charge in [-0.2, -0.15) is 0 Å². The molecule has 0 amide bonds. The highest BCUT2D eigenvalue weighted by Crippen LogP contribution is 2.28. The molecule has 1 atom stereocenters. The second-order valence-corrected chi connectivity index (χ2v) is 5.85. The third-order valence-corrected chi connectivity index (χ3v) is 4.54. The fourth-order valence-corrected chi connectivity index (χ4v) is 2.96. The molecule has 0 bridgehead atoms. The van der Waals surface area contributed by atoms with Gasteiger partial charge in [0, 0.05) is 30.9 Å². The Morgan fingerprint density at radius 3 is 2.72 bits per heavy atom. The van der Waals surface area contributed by atoms with Crippen LogP contribution in [0.3, 0.4) is 0 Å². The second-order valence-electron chi connectivity index (χ2n) is 5.85. The fourth-order valence-electron chi connectivity index (χ4n) is 2.96. The number of allylic oxidation sites excluding steroid dienone is 1. The summed E-state index contributed by atoms with van der Waals surface area (Å²) >= 11 is 0. The second kappa shape index (κ2) is 6.33. The average molecular weight is 246 g/mol. The van der Waals surface area contributed by atoms with E-state index >= 15 is 0 Å². The summed E-state index contributed by atoms with van der Waals surface area (Å²) in [4.78, 5) is 6.88. The Kier molecular flexibility index (Phi) is 4.76. The van der Waals surface area contributed by atoms with Crippen molar-refractivity contribution in [2.24, 2.45) is 10.9 Å². The molecule has 1 aliphatic carbocycles. The van der Waals surface area contributed by atoms with Crippen molar-refractivity contribution in [2.45, 2.75) is 58.0 Å². The third kappa shape index (κ3) is 3.32. The van der Waals surface area contributed by atoms with Crippen LogP contribution in [0.25, 0.3) is 0 Å². The molecule has 18 heavy (non-hydrogen) atoms. The first-order valence-electron chi connectivity index (χ1n) is 7.28. The van der Waals surface area contributed by atoms with Crippen molar-refractivity contribution < 1.29 is 0 Å². The summed E-state index contributed by atoms with van der Waals surface area (Å²) in [5, 5.41) is 0. The molecule has 1 saturated carbocycles. The molecule has 2 nitrogen and oxygen atoms in total. The fraction of sp³-hybridized carbons (Fsp3) is 0.688. The SMILES string of the molecule is CC1CCC(N(C)C(C)C2=CN=CCC=C2)CC1. The number of hydrogen-bond acceptors (Lipinski definition) is 2. The van der Waals surface area contributed by atoms with Gasteiger partial charge in [-0.15, -0.1) is 0 Å². The third-order valence-electron chi connectivity index (χ3n) is 4.54. The van der Waals surface area contributed by atoms with E-state index in [1.54, 1.807) is 0 Å². The Bertz CT molecular complexity index is 346. The first kappa shape index (κ1) is 13.5. The van der Waals surface area contributed by atoms with Crippen LogP contribution in [0, 0.1) is 5.92 Å². The Labute approximate surface area is 111 Å². The van der Waals surface area contributed by atoms with Crippen LogP contribution in [-0.4, -0.2) is 30.2 Å². The van der Waals surface area contributed by atoms with Gasteiger partial charge in [0.25, 0.3) is 0 Å². The van der Waals surface area contributed by atoms with Crippen LogP contribution in [0.1, 0.15) is 46.0 Å². The van der Waals surface area contributed by atoms with Crippen molar-refractivity contribution in [3.63, 3.8) is 0 Å². The Morgan fingerprint density at radius 1 is 1.28 bits per heavy atom.